The molecule has 10 heteroatoms. The summed E-state index contributed by atoms with van der Waals surface area (Å²) in [7, 11) is -2.69. The molecule has 34 heavy (non-hydrogen) atoms. The normalized spacial score (nSPS) is 14.9. The average Bonchev–Trinajstić information content (AvgIpc) is 3.41. The molecule has 0 radical (unpaired) electrons. The second kappa shape index (κ2) is 9.73. The second-order valence-electron chi connectivity index (χ2n) is 7.91. The molecule has 3 aromatic rings. The minimum atomic E-state index is -4.02. The van der Waals surface area contributed by atoms with Crippen LogP contribution >= 0.6 is 11.3 Å². The first-order valence-electron chi connectivity index (χ1n) is 10.7. The van der Waals surface area contributed by atoms with E-state index in [9.17, 15) is 22.0 Å². The molecule has 0 fully saturated rings. The van der Waals surface area contributed by atoms with E-state index in [1.54, 1.807) is 28.6 Å². The summed E-state index contributed by atoms with van der Waals surface area (Å²) in [6.07, 6.45) is 5.02. The molecule has 0 N–H and O–H groups in total. The van der Waals surface area contributed by atoms with E-state index in [1.807, 2.05) is 6.92 Å². The van der Waals surface area contributed by atoms with Crippen LogP contribution in [0.2, 0.25) is 0 Å². The van der Waals surface area contributed by atoms with Crippen molar-refractivity contribution >= 4 is 44.6 Å². The zero-order valence-corrected chi connectivity index (χ0v) is 20.3. The van der Waals surface area contributed by atoms with Crippen LogP contribution in [0, 0.1) is 11.6 Å². The van der Waals surface area contributed by atoms with Crippen LogP contribution in [0.5, 0.6) is 0 Å². The van der Waals surface area contributed by atoms with Crippen molar-refractivity contribution < 1.29 is 22.0 Å². The lowest BCUT2D eigenvalue weighted by Gasteiger charge is -2.19. The van der Waals surface area contributed by atoms with Gasteiger partial charge in [0.05, 0.1) is 16.2 Å². The van der Waals surface area contributed by atoms with Gasteiger partial charge < -0.3 is 4.90 Å². The lowest BCUT2D eigenvalue weighted by molar-refractivity contribution is -0.113. The van der Waals surface area contributed by atoms with Crippen LogP contribution in [-0.2, 0) is 21.4 Å². The molecule has 1 aliphatic heterocycles. The largest absolute Gasteiger partial charge is 0.308 e. The maximum absolute atomic E-state index is 14.1. The van der Waals surface area contributed by atoms with E-state index in [0.717, 1.165) is 29.3 Å². The van der Waals surface area contributed by atoms with Gasteiger partial charge in [0.1, 0.15) is 16.6 Å². The number of aromatic nitrogens is 1. The molecule has 0 saturated heterocycles. The third-order valence-electron chi connectivity index (χ3n) is 5.60. The molecule has 4 rings (SSSR count). The fourth-order valence-electron chi connectivity index (χ4n) is 3.76. The Morgan fingerprint density at radius 3 is 2.65 bits per heavy atom. The summed E-state index contributed by atoms with van der Waals surface area (Å²) < 4.78 is 54.8. The zero-order valence-electron chi connectivity index (χ0n) is 18.7. The van der Waals surface area contributed by atoms with Crippen molar-refractivity contribution in [3.05, 3.63) is 75.7 Å². The monoisotopic (exact) mass is 503 g/mol. The van der Waals surface area contributed by atoms with Crippen molar-refractivity contribution in [1.29, 1.82) is 0 Å². The van der Waals surface area contributed by atoms with Crippen LogP contribution in [0.15, 0.2) is 52.9 Å². The van der Waals surface area contributed by atoms with Gasteiger partial charge in [-0.15, -0.1) is 11.3 Å². The Morgan fingerprint density at radius 1 is 1.18 bits per heavy atom. The molecular formula is C24H23F2N3O3S2. The van der Waals surface area contributed by atoms with E-state index >= 15 is 0 Å². The van der Waals surface area contributed by atoms with Gasteiger partial charge in [-0.2, -0.15) is 4.31 Å². The molecule has 2 heterocycles. The molecule has 1 aliphatic rings. The molecule has 0 spiro atoms. The number of unbranched alkanes of at least 4 members (excludes halogenated alkanes) is 1. The highest BCUT2D eigenvalue weighted by atomic mass is 32.2. The highest BCUT2D eigenvalue weighted by molar-refractivity contribution is 7.89. The number of hydrogen-bond donors (Lipinski definition) is 0. The minimum Gasteiger partial charge on any atom is -0.308 e. The van der Waals surface area contributed by atoms with E-state index in [1.165, 1.54) is 36.6 Å². The van der Waals surface area contributed by atoms with E-state index in [0.29, 0.717) is 28.4 Å². The number of carbonyl (C=O) groups is 1. The fraction of sp³-hybridized carbons (Fsp3) is 0.250. The van der Waals surface area contributed by atoms with Crippen LogP contribution in [-0.4, -0.2) is 37.2 Å². The molecule has 2 aromatic carbocycles. The number of carbonyl (C=O) groups excluding carboxylic acids is 1. The van der Waals surface area contributed by atoms with Crippen LogP contribution in [0.4, 0.5) is 14.5 Å². The first-order chi connectivity index (χ1) is 16.2. The van der Waals surface area contributed by atoms with Gasteiger partial charge in [0, 0.05) is 48.9 Å². The van der Waals surface area contributed by atoms with Gasteiger partial charge in [-0.1, -0.05) is 19.4 Å². The molecule has 0 saturated carbocycles. The molecule has 1 aromatic heterocycles. The average molecular weight is 504 g/mol. The maximum Gasteiger partial charge on any atom is 0.259 e. The molecule has 178 valence electrons. The lowest BCUT2D eigenvalue weighted by Crippen LogP contribution is -2.27. The fourth-order valence-corrected chi connectivity index (χ4v) is 5.50. The number of sulfonamides is 1. The Kier molecular flexibility index (Phi) is 6.92. The number of anilines is 1. The van der Waals surface area contributed by atoms with Crippen molar-refractivity contribution in [3.63, 3.8) is 0 Å². The highest BCUT2D eigenvalue weighted by Crippen LogP contribution is 2.40. The van der Waals surface area contributed by atoms with Crippen LogP contribution < -0.4 is 4.90 Å². The molecule has 0 unspecified atom stereocenters. The van der Waals surface area contributed by atoms with Gasteiger partial charge >= 0.3 is 0 Å². The number of hydrogen-bond acceptors (Lipinski definition) is 5. The standard InChI is InChI=1S/C24H23F2N3O3S2/c1-3-4-10-29-22-8-7-18(13-19(22)20(24(29)30)14-23-27-9-11-33-23)34(31,32)28(2)15-16-5-6-17(25)12-21(16)26/h5-9,11-14H,3-4,10,15H2,1-2H3/b20-14+. The van der Waals surface area contributed by atoms with E-state index in [-0.39, 0.29) is 22.9 Å². The molecule has 0 bridgehead atoms. The summed E-state index contributed by atoms with van der Waals surface area (Å²) in [5, 5.41) is 2.44. The van der Waals surface area contributed by atoms with Gasteiger partial charge in [0.25, 0.3) is 5.91 Å². The number of nitrogens with zero attached hydrogens (tertiary/aromatic N) is 3. The Bertz CT molecular complexity index is 1360. The first-order valence-corrected chi connectivity index (χ1v) is 13.0. The summed E-state index contributed by atoms with van der Waals surface area (Å²) in [6.45, 7) is 2.28. The quantitative estimate of drug-likeness (QED) is 0.409. The minimum absolute atomic E-state index is 0.0218. The van der Waals surface area contributed by atoms with E-state index < -0.39 is 21.7 Å². The van der Waals surface area contributed by atoms with E-state index in [4.69, 9.17) is 0 Å². The topological polar surface area (TPSA) is 70.6 Å². The highest BCUT2D eigenvalue weighted by Gasteiger charge is 2.34. The zero-order chi connectivity index (χ0) is 24.5. The van der Waals surface area contributed by atoms with E-state index in [2.05, 4.69) is 4.98 Å². The Balaban J connectivity index is 1.72. The second-order valence-corrected chi connectivity index (χ2v) is 10.9. The van der Waals surface area contributed by atoms with Gasteiger partial charge in [-0.05, 0) is 36.8 Å². The Labute approximate surface area is 201 Å². The van der Waals surface area contributed by atoms with Crippen LogP contribution in [0.1, 0.15) is 35.9 Å². The van der Waals surface area contributed by atoms with Gasteiger partial charge in [0.15, 0.2) is 0 Å². The molecule has 1 amide bonds. The van der Waals surface area contributed by atoms with Crippen LogP contribution in [0.3, 0.4) is 0 Å². The molecule has 0 aliphatic carbocycles. The lowest BCUT2D eigenvalue weighted by atomic mass is 10.1. The number of fused-ring (bicyclic) bond motifs is 1. The SMILES string of the molecule is CCCCN1C(=O)/C(=C/c2nccs2)c2cc(S(=O)(=O)N(C)Cc3ccc(F)cc3F)ccc21. The number of amides is 1. The van der Waals surface area contributed by atoms with Crippen molar-refractivity contribution in [3.8, 4) is 0 Å². The van der Waals surface area contributed by atoms with Crippen molar-refractivity contribution in [2.75, 3.05) is 18.5 Å². The van der Waals surface area contributed by atoms with Crippen molar-refractivity contribution in [2.45, 2.75) is 31.2 Å². The third kappa shape index (κ3) is 4.66. The number of rotatable bonds is 8. The smallest absolute Gasteiger partial charge is 0.259 e. The summed E-state index contributed by atoms with van der Waals surface area (Å²) in [6, 6.07) is 7.58. The first kappa shape index (κ1) is 24.2. The van der Waals surface area contributed by atoms with Gasteiger partial charge in [-0.25, -0.2) is 22.2 Å². The van der Waals surface area contributed by atoms with Gasteiger partial charge in [-0.3, -0.25) is 4.79 Å². The predicted octanol–water partition coefficient (Wildman–Crippen LogP) is 4.93. The summed E-state index contributed by atoms with van der Waals surface area (Å²) in [5.41, 5.74) is 1.59. The molecular weight excluding hydrogens is 480 g/mol. The van der Waals surface area contributed by atoms with Gasteiger partial charge in [0.2, 0.25) is 10.0 Å². The Morgan fingerprint density at radius 2 is 1.97 bits per heavy atom. The number of benzene rings is 2. The van der Waals surface area contributed by atoms with Crippen molar-refractivity contribution in [1.82, 2.24) is 9.29 Å². The predicted molar refractivity (Wildman–Crippen MR) is 129 cm³/mol. The molecule has 0 atom stereocenters. The maximum atomic E-state index is 14.1. The third-order valence-corrected chi connectivity index (χ3v) is 8.12. The number of thiazole rings is 1. The Hall–Kier alpha value is -2.95. The summed E-state index contributed by atoms with van der Waals surface area (Å²) >= 11 is 1.38. The summed E-state index contributed by atoms with van der Waals surface area (Å²) in [4.78, 5) is 19.1. The van der Waals surface area contributed by atoms with Crippen molar-refractivity contribution in [2.24, 2.45) is 0 Å². The molecule has 6 nitrogen and oxygen atoms in total. The number of halogens is 2. The summed E-state index contributed by atoms with van der Waals surface area (Å²) in [5.74, 6) is -1.75. The van der Waals surface area contributed by atoms with Crippen LogP contribution in [0.25, 0.3) is 11.6 Å².